The van der Waals surface area contributed by atoms with Crippen LogP contribution >= 0.6 is 27.3 Å². The zero-order valence-corrected chi connectivity index (χ0v) is 11.1. The molecule has 0 radical (unpaired) electrons. The number of hydrogen-bond donors (Lipinski definition) is 1. The number of rotatable bonds is 2. The maximum atomic E-state index is 12.2. The van der Waals surface area contributed by atoms with E-state index in [1.807, 2.05) is 18.4 Å². The quantitative estimate of drug-likeness (QED) is 0.679. The van der Waals surface area contributed by atoms with Crippen LogP contribution < -0.4 is 5.73 Å². The molecule has 82 valence electrons. The van der Waals surface area contributed by atoms with Crippen molar-refractivity contribution < 1.29 is 4.79 Å². The van der Waals surface area contributed by atoms with Crippen LogP contribution in [0.2, 0.25) is 0 Å². The Morgan fingerprint density at radius 3 is 2.75 bits per heavy atom. The molecule has 0 aliphatic carbocycles. The van der Waals surface area contributed by atoms with Crippen molar-refractivity contribution in [2.24, 2.45) is 0 Å². The van der Waals surface area contributed by atoms with Gasteiger partial charge in [0.1, 0.15) is 0 Å². The Bertz CT molecular complexity index is 548. The summed E-state index contributed by atoms with van der Waals surface area (Å²) in [6.45, 7) is 1.98. The van der Waals surface area contributed by atoms with E-state index in [0.717, 1.165) is 9.35 Å². The van der Waals surface area contributed by atoms with Crippen molar-refractivity contribution in [1.82, 2.24) is 0 Å². The first kappa shape index (κ1) is 11.4. The summed E-state index contributed by atoms with van der Waals surface area (Å²) in [6, 6.07) is 7.14. The highest BCUT2D eigenvalue weighted by atomic mass is 79.9. The van der Waals surface area contributed by atoms with Gasteiger partial charge < -0.3 is 5.73 Å². The number of aryl methyl sites for hydroxylation is 1. The highest BCUT2D eigenvalue weighted by Crippen LogP contribution is 2.24. The molecule has 1 heterocycles. The number of carbonyl (C=O) groups excluding carboxylic acids is 1. The number of anilines is 1. The molecule has 2 rings (SSSR count). The third kappa shape index (κ3) is 2.18. The molecule has 0 spiro atoms. The van der Waals surface area contributed by atoms with Crippen LogP contribution in [0.4, 0.5) is 5.69 Å². The summed E-state index contributed by atoms with van der Waals surface area (Å²) in [4.78, 5) is 13.3. The Labute approximate surface area is 106 Å². The van der Waals surface area contributed by atoms with E-state index in [0.29, 0.717) is 16.8 Å². The molecule has 0 fully saturated rings. The fraction of sp³-hybridized carbons (Fsp3) is 0.0833. The van der Waals surface area contributed by atoms with Crippen molar-refractivity contribution in [3.63, 3.8) is 0 Å². The van der Waals surface area contributed by atoms with Crippen molar-refractivity contribution in [2.75, 3.05) is 5.73 Å². The second kappa shape index (κ2) is 4.39. The average molecular weight is 296 g/mol. The topological polar surface area (TPSA) is 43.1 Å². The van der Waals surface area contributed by atoms with Crippen molar-refractivity contribution in [3.8, 4) is 0 Å². The maximum absolute atomic E-state index is 12.2. The number of nitrogen functional groups attached to an aromatic ring is 1. The molecule has 0 amide bonds. The van der Waals surface area contributed by atoms with Gasteiger partial charge in [-0.3, -0.25) is 4.79 Å². The van der Waals surface area contributed by atoms with Gasteiger partial charge in [-0.05, 0) is 31.2 Å². The van der Waals surface area contributed by atoms with Gasteiger partial charge in [-0.25, -0.2) is 0 Å². The van der Waals surface area contributed by atoms with E-state index in [1.54, 1.807) is 29.5 Å². The number of nitrogens with two attached hydrogens (primary N) is 1. The predicted octanol–water partition coefficient (Wildman–Crippen LogP) is 3.63. The second-order valence-electron chi connectivity index (χ2n) is 3.51. The van der Waals surface area contributed by atoms with E-state index in [-0.39, 0.29) is 5.78 Å². The molecule has 2 N–H and O–H groups in total. The molecule has 0 unspecified atom stereocenters. The second-order valence-corrected chi connectivity index (χ2v) is 5.48. The summed E-state index contributed by atoms with van der Waals surface area (Å²) in [7, 11) is 0. The molecule has 16 heavy (non-hydrogen) atoms. The molecular formula is C12H10BrNOS. The monoisotopic (exact) mass is 295 g/mol. The van der Waals surface area contributed by atoms with Crippen LogP contribution in [-0.4, -0.2) is 5.78 Å². The Hall–Kier alpha value is -1.13. The molecular weight excluding hydrogens is 286 g/mol. The Morgan fingerprint density at radius 2 is 2.12 bits per heavy atom. The van der Waals surface area contributed by atoms with Crippen LogP contribution in [0.15, 0.2) is 34.1 Å². The molecule has 2 nitrogen and oxygen atoms in total. The van der Waals surface area contributed by atoms with Gasteiger partial charge in [0.15, 0.2) is 5.78 Å². The summed E-state index contributed by atoms with van der Waals surface area (Å²) >= 11 is 4.93. The zero-order valence-electron chi connectivity index (χ0n) is 8.66. The molecule has 2 aromatic rings. The molecule has 0 saturated heterocycles. The van der Waals surface area contributed by atoms with Crippen LogP contribution in [0, 0.1) is 6.92 Å². The SMILES string of the molecule is Cc1cc(C(=O)c2cc(N)ccc2Br)cs1. The standard InChI is InChI=1S/C12H10BrNOS/c1-7-4-8(6-16-7)12(15)10-5-9(14)2-3-11(10)13/h2-6H,14H2,1H3. The first-order valence-electron chi connectivity index (χ1n) is 4.73. The lowest BCUT2D eigenvalue weighted by atomic mass is 10.1. The van der Waals surface area contributed by atoms with Gasteiger partial charge in [0.2, 0.25) is 0 Å². The van der Waals surface area contributed by atoms with Crippen molar-refractivity contribution in [1.29, 1.82) is 0 Å². The fourth-order valence-electron chi connectivity index (χ4n) is 1.43. The lowest BCUT2D eigenvalue weighted by Crippen LogP contribution is -2.01. The van der Waals surface area contributed by atoms with Crippen LogP contribution in [-0.2, 0) is 0 Å². The molecule has 0 bridgehead atoms. The fourth-order valence-corrected chi connectivity index (χ4v) is 2.54. The Morgan fingerprint density at radius 1 is 1.38 bits per heavy atom. The van der Waals surface area contributed by atoms with E-state index in [1.165, 1.54) is 0 Å². The van der Waals surface area contributed by atoms with Crippen LogP contribution in [0.1, 0.15) is 20.8 Å². The largest absolute Gasteiger partial charge is 0.399 e. The highest BCUT2D eigenvalue weighted by molar-refractivity contribution is 9.10. The average Bonchev–Trinajstić information content (AvgIpc) is 2.67. The van der Waals surface area contributed by atoms with Crippen molar-refractivity contribution in [2.45, 2.75) is 6.92 Å². The van der Waals surface area contributed by atoms with Gasteiger partial charge in [0, 0.05) is 31.5 Å². The minimum atomic E-state index is 0.00326. The molecule has 0 aliphatic heterocycles. The Balaban J connectivity index is 2.45. The smallest absolute Gasteiger partial charge is 0.195 e. The van der Waals surface area contributed by atoms with Crippen LogP contribution in [0.5, 0.6) is 0 Å². The number of halogens is 1. The zero-order chi connectivity index (χ0) is 11.7. The number of benzene rings is 1. The Kier molecular flexibility index (Phi) is 3.12. The minimum absolute atomic E-state index is 0.00326. The van der Waals surface area contributed by atoms with Gasteiger partial charge in [-0.1, -0.05) is 15.9 Å². The van der Waals surface area contributed by atoms with E-state index in [9.17, 15) is 4.79 Å². The summed E-state index contributed by atoms with van der Waals surface area (Å²) in [5.41, 5.74) is 7.60. The lowest BCUT2D eigenvalue weighted by molar-refractivity contribution is 0.103. The number of carbonyl (C=O) groups is 1. The summed E-state index contributed by atoms with van der Waals surface area (Å²) in [6.07, 6.45) is 0. The van der Waals surface area contributed by atoms with Gasteiger partial charge in [-0.15, -0.1) is 11.3 Å². The molecule has 4 heteroatoms. The van der Waals surface area contributed by atoms with Gasteiger partial charge in [0.05, 0.1) is 0 Å². The first-order chi connectivity index (χ1) is 7.58. The van der Waals surface area contributed by atoms with E-state index in [2.05, 4.69) is 15.9 Å². The summed E-state index contributed by atoms with van der Waals surface area (Å²) < 4.78 is 0.774. The van der Waals surface area contributed by atoms with Crippen molar-refractivity contribution in [3.05, 3.63) is 50.1 Å². The number of thiophene rings is 1. The molecule has 1 aromatic heterocycles. The van der Waals surface area contributed by atoms with Gasteiger partial charge in [-0.2, -0.15) is 0 Å². The number of ketones is 1. The maximum Gasteiger partial charge on any atom is 0.195 e. The summed E-state index contributed by atoms with van der Waals surface area (Å²) in [5.74, 6) is 0.00326. The highest BCUT2D eigenvalue weighted by Gasteiger charge is 2.13. The molecule has 1 aromatic carbocycles. The first-order valence-corrected chi connectivity index (χ1v) is 6.40. The van der Waals surface area contributed by atoms with Crippen LogP contribution in [0.25, 0.3) is 0 Å². The lowest BCUT2D eigenvalue weighted by Gasteiger charge is -2.03. The van der Waals surface area contributed by atoms with Crippen LogP contribution in [0.3, 0.4) is 0 Å². The minimum Gasteiger partial charge on any atom is -0.399 e. The number of hydrogen-bond acceptors (Lipinski definition) is 3. The normalized spacial score (nSPS) is 10.4. The summed E-state index contributed by atoms with van der Waals surface area (Å²) in [5, 5.41) is 1.87. The van der Waals surface area contributed by atoms with Gasteiger partial charge >= 0.3 is 0 Å². The van der Waals surface area contributed by atoms with Gasteiger partial charge in [0.25, 0.3) is 0 Å². The van der Waals surface area contributed by atoms with E-state index >= 15 is 0 Å². The predicted molar refractivity (Wildman–Crippen MR) is 71.0 cm³/mol. The molecule has 0 aliphatic rings. The van der Waals surface area contributed by atoms with E-state index < -0.39 is 0 Å². The molecule has 0 atom stereocenters. The van der Waals surface area contributed by atoms with Crippen molar-refractivity contribution >= 4 is 38.7 Å². The third-order valence-corrected chi connectivity index (χ3v) is 3.78. The third-order valence-electron chi connectivity index (χ3n) is 2.23. The molecule has 0 saturated carbocycles. The van der Waals surface area contributed by atoms with E-state index in [4.69, 9.17) is 5.73 Å².